The van der Waals surface area contributed by atoms with Gasteiger partial charge in [0.15, 0.2) is 0 Å². The zero-order valence-corrected chi connectivity index (χ0v) is 9.97. The second kappa shape index (κ2) is 5.23. The fourth-order valence-electron chi connectivity index (χ4n) is 1.25. The molecule has 0 saturated heterocycles. The minimum Gasteiger partial charge on any atom is -0.480 e. The van der Waals surface area contributed by atoms with Crippen LogP contribution in [0.15, 0.2) is 5.51 Å². The van der Waals surface area contributed by atoms with Crippen molar-refractivity contribution in [3.8, 4) is 0 Å². The average molecular weight is 228 g/mol. The number of thiazole rings is 1. The maximum absolute atomic E-state index is 11.1. The predicted molar refractivity (Wildman–Crippen MR) is 60.1 cm³/mol. The van der Waals surface area contributed by atoms with E-state index in [1.807, 2.05) is 20.8 Å². The standard InChI is InChI=1S/C10H16N2O2S/c1-4-6(2)12-8(10(13)14)9-7(3)11-5-15-9/h5-6,8,12H,4H2,1-3H3,(H,13,14). The van der Waals surface area contributed by atoms with Crippen LogP contribution in [-0.4, -0.2) is 22.1 Å². The van der Waals surface area contributed by atoms with E-state index in [1.165, 1.54) is 11.3 Å². The molecule has 0 fully saturated rings. The molecule has 2 N–H and O–H groups in total. The average Bonchev–Trinajstić information content (AvgIpc) is 2.60. The van der Waals surface area contributed by atoms with Gasteiger partial charge >= 0.3 is 5.97 Å². The molecule has 0 amide bonds. The van der Waals surface area contributed by atoms with E-state index in [0.29, 0.717) is 0 Å². The van der Waals surface area contributed by atoms with Crippen LogP contribution in [0, 0.1) is 6.92 Å². The number of nitrogens with zero attached hydrogens (tertiary/aromatic N) is 1. The second-order valence-corrected chi connectivity index (χ2v) is 4.44. The summed E-state index contributed by atoms with van der Waals surface area (Å²) in [7, 11) is 0. The zero-order chi connectivity index (χ0) is 11.4. The van der Waals surface area contributed by atoms with Crippen LogP contribution in [-0.2, 0) is 4.79 Å². The molecule has 0 aliphatic heterocycles. The van der Waals surface area contributed by atoms with E-state index in [0.717, 1.165) is 17.0 Å². The fourth-order valence-corrected chi connectivity index (χ4v) is 2.10. The minimum atomic E-state index is -0.845. The Morgan fingerprint density at radius 3 is 2.80 bits per heavy atom. The van der Waals surface area contributed by atoms with Crippen LogP contribution in [0.25, 0.3) is 0 Å². The maximum atomic E-state index is 11.1. The summed E-state index contributed by atoms with van der Waals surface area (Å²) in [5, 5.41) is 12.2. The quantitative estimate of drug-likeness (QED) is 0.808. The van der Waals surface area contributed by atoms with E-state index in [9.17, 15) is 4.79 Å². The van der Waals surface area contributed by atoms with Crippen LogP contribution in [0.4, 0.5) is 0 Å². The fraction of sp³-hybridized carbons (Fsp3) is 0.600. The molecule has 2 unspecified atom stereocenters. The van der Waals surface area contributed by atoms with Gasteiger partial charge in [0, 0.05) is 6.04 Å². The lowest BCUT2D eigenvalue weighted by molar-refractivity contribution is -0.139. The number of carboxylic acid groups (broad SMARTS) is 1. The molecule has 5 heteroatoms. The molecule has 15 heavy (non-hydrogen) atoms. The van der Waals surface area contributed by atoms with Gasteiger partial charge in [-0.25, -0.2) is 4.98 Å². The van der Waals surface area contributed by atoms with Crippen molar-refractivity contribution in [2.45, 2.75) is 39.3 Å². The van der Waals surface area contributed by atoms with Gasteiger partial charge in [-0.1, -0.05) is 6.92 Å². The maximum Gasteiger partial charge on any atom is 0.326 e. The largest absolute Gasteiger partial charge is 0.480 e. The summed E-state index contributed by atoms with van der Waals surface area (Å²) in [6.07, 6.45) is 0.904. The normalized spacial score (nSPS) is 14.9. The number of aliphatic carboxylic acids is 1. The summed E-state index contributed by atoms with van der Waals surface area (Å²) >= 11 is 1.38. The Hall–Kier alpha value is -0.940. The monoisotopic (exact) mass is 228 g/mol. The Balaban J connectivity index is 2.84. The number of carboxylic acids is 1. The van der Waals surface area contributed by atoms with Crippen molar-refractivity contribution in [2.75, 3.05) is 0 Å². The van der Waals surface area contributed by atoms with Gasteiger partial charge in [0.2, 0.25) is 0 Å². The highest BCUT2D eigenvalue weighted by atomic mass is 32.1. The Morgan fingerprint density at radius 2 is 2.40 bits per heavy atom. The lowest BCUT2D eigenvalue weighted by atomic mass is 10.1. The van der Waals surface area contributed by atoms with Gasteiger partial charge in [0.25, 0.3) is 0 Å². The van der Waals surface area contributed by atoms with Crippen LogP contribution in [0.5, 0.6) is 0 Å². The van der Waals surface area contributed by atoms with Crippen LogP contribution in [0.3, 0.4) is 0 Å². The molecule has 0 aromatic carbocycles. The van der Waals surface area contributed by atoms with E-state index in [-0.39, 0.29) is 6.04 Å². The van der Waals surface area contributed by atoms with Gasteiger partial charge in [-0.15, -0.1) is 11.3 Å². The van der Waals surface area contributed by atoms with E-state index in [1.54, 1.807) is 5.51 Å². The third-order valence-electron chi connectivity index (χ3n) is 2.36. The van der Waals surface area contributed by atoms with Crippen LogP contribution < -0.4 is 5.32 Å². The number of aryl methyl sites for hydroxylation is 1. The molecule has 2 atom stereocenters. The van der Waals surface area contributed by atoms with Crippen LogP contribution in [0.2, 0.25) is 0 Å². The van der Waals surface area contributed by atoms with Crippen molar-refractivity contribution in [3.05, 3.63) is 16.1 Å². The van der Waals surface area contributed by atoms with Crippen LogP contribution >= 0.6 is 11.3 Å². The summed E-state index contributed by atoms with van der Waals surface area (Å²) in [5.41, 5.74) is 2.47. The molecule has 0 radical (unpaired) electrons. The third-order valence-corrected chi connectivity index (χ3v) is 3.35. The van der Waals surface area contributed by atoms with Gasteiger partial charge in [-0.2, -0.15) is 0 Å². The number of nitrogens with one attached hydrogen (secondary N) is 1. The summed E-state index contributed by atoms with van der Waals surface area (Å²) in [5.74, 6) is -0.845. The van der Waals surface area contributed by atoms with E-state index in [4.69, 9.17) is 5.11 Å². The smallest absolute Gasteiger partial charge is 0.326 e. The molecule has 0 spiro atoms. The zero-order valence-electron chi connectivity index (χ0n) is 9.15. The van der Waals surface area contributed by atoms with Gasteiger partial charge in [-0.05, 0) is 20.3 Å². The van der Waals surface area contributed by atoms with E-state index < -0.39 is 12.0 Å². The number of rotatable bonds is 5. The molecular weight excluding hydrogens is 212 g/mol. The Labute approximate surface area is 93.4 Å². The van der Waals surface area contributed by atoms with Crippen LogP contribution in [0.1, 0.15) is 36.9 Å². The van der Waals surface area contributed by atoms with E-state index >= 15 is 0 Å². The predicted octanol–water partition coefficient (Wildman–Crippen LogP) is 1.97. The first kappa shape index (κ1) is 12.1. The lowest BCUT2D eigenvalue weighted by Gasteiger charge is -2.18. The molecule has 4 nitrogen and oxygen atoms in total. The first-order chi connectivity index (χ1) is 7.06. The van der Waals surface area contributed by atoms with Crippen molar-refractivity contribution in [1.82, 2.24) is 10.3 Å². The first-order valence-corrected chi connectivity index (χ1v) is 5.83. The number of aromatic nitrogens is 1. The van der Waals surface area contributed by atoms with Gasteiger partial charge in [0.1, 0.15) is 6.04 Å². The first-order valence-electron chi connectivity index (χ1n) is 4.95. The summed E-state index contributed by atoms with van der Waals surface area (Å²) in [6, 6.07) is -0.444. The third kappa shape index (κ3) is 3.00. The number of carbonyl (C=O) groups is 1. The van der Waals surface area contributed by atoms with E-state index in [2.05, 4.69) is 10.3 Å². The lowest BCUT2D eigenvalue weighted by Crippen LogP contribution is -2.34. The molecule has 0 saturated carbocycles. The van der Waals surface area contributed by atoms with Crippen molar-refractivity contribution in [2.24, 2.45) is 0 Å². The molecule has 1 aromatic rings. The highest BCUT2D eigenvalue weighted by molar-refractivity contribution is 7.10. The molecule has 0 bridgehead atoms. The van der Waals surface area contributed by atoms with Crippen molar-refractivity contribution >= 4 is 17.3 Å². The SMILES string of the molecule is CCC(C)NC(C(=O)O)c1scnc1C. The topological polar surface area (TPSA) is 62.2 Å². The van der Waals surface area contributed by atoms with Crippen molar-refractivity contribution < 1.29 is 9.90 Å². The summed E-state index contributed by atoms with van der Waals surface area (Å²) < 4.78 is 0. The summed E-state index contributed by atoms with van der Waals surface area (Å²) in [4.78, 5) is 16.0. The Kier molecular flexibility index (Phi) is 4.23. The molecule has 1 aromatic heterocycles. The summed E-state index contributed by atoms with van der Waals surface area (Å²) in [6.45, 7) is 5.84. The second-order valence-electron chi connectivity index (χ2n) is 3.55. The molecule has 84 valence electrons. The Bertz CT molecular complexity index is 338. The van der Waals surface area contributed by atoms with Gasteiger partial charge in [0.05, 0.1) is 16.1 Å². The molecule has 0 aliphatic carbocycles. The van der Waals surface area contributed by atoms with Crippen molar-refractivity contribution in [3.63, 3.8) is 0 Å². The number of hydrogen-bond donors (Lipinski definition) is 2. The number of hydrogen-bond acceptors (Lipinski definition) is 4. The molecule has 0 aliphatic rings. The molecule has 1 heterocycles. The molecular formula is C10H16N2O2S. The Morgan fingerprint density at radius 1 is 1.73 bits per heavy atom. The van der Waals surface area contributed by atoms with Crippen molar-refractivity contribution in [1.29, 1.82) is 0 Å². The van der Waals surface area contributed by atoms with Gasteiger partial charge < -0.3 is 5.11 Å². The molecule has 1 rings (SSSR count). The highest BCUT2D eigenvalue weighted by Gasteiger charge is 2.24. The highest BCUT2D eigenvalue weighted by Crippen LogP contribution is 2.22. The minimum absolute atomic E-state index is 0.188. The van der Waals surface area contributed by atoms with Gasteiger partial charge in [-0.3, -0.25) is 10.1 Å².